The molecule has 0 saturated carbocycles. The van der Waals surface area contributed by atoms with Crippen molar-refractivity contribution in [2.45, 2.75) is 41.5 Å². The number of anilines is 1. The van der Waals surface area contributed by atoms with Crippen molar-refractivity contribution in [2.24, 2.45) is 0 Å². The Morgan fingerprint density at radius 3 is 2.17 bits per heavy atom. The molecule has 0 aromatic carbocycles. The highest BCUT2D eigenvalue weighted by Crippen LogP contribution is 2.23. The van der Waals surface area contributed by atoms with Crippen LogP contribution in [0.3, 0.4) is 0 Å². The standard InChI is InChI=1S/C9H10N4O.2C2H6/c1-5-7(10)6(2)12-13-8(5)9-11-3-4-14-9;2*1-2/h3-4H,1-2H3,(H2,10,13);2*1-2H3. The predicted molar refractivity (Wildman–Crippen MR) is 74.1 cm³/mol. The molecule has 2 aromatic rings. The third-order valence-electron chi connectivity index (χ3n) is 2.08. The molecule has 5 nitrogen and oxygen atoms in total. The van der Waals surface area contributed by atoms with E-state index >= 15 is 0 Å². The molecule has 0 aliphatic carbocycles. The molecule has 0 saturated heterocycles. The minimum absolute atomic E-state index is 0.446. The second kappa shape index (κ2) is 8.22. The molecule has 2 rings (SSSR count). The maximum absolute atomic E-state index is 5.82. The van der Waals surface area contributed by atoms with E-state index in [1.54, 1.807) is 6.20 Å². The second-order valence-corrected chi connectivity index (χ2v) is 3.01. The number of nitrogens with zero attached hydrogens (tertiary/aromatic N) is 3. The largest absolute Gasteiger partial charge is 0.443 e. The molecular formula is C13H22N4O. The molecule has 0 bridgehead atoms. The number of aromatic nitrogens is 3. The summed E-state index contributed by atoms with van der Waals surface area (Å²) < 4.78 is 5.13. The van der Waals surface area contributed by atoms with E-state index in [0.29, 0.717) is 17.3 Å². The lowest BCUT2D eigenvalue weighted by Gasteiger charge is -2.04. The molecule has 2 N–H and O–H groups in total. The number of nitrogens with two attached hydrogens (primary N) is 1. The summed E-state index contributed by atoms with van der Waals surface area (Å²) in [5.74, 6) is 0.446. The number of oxazole rings is 1. The Bertz CT molecular complexity index is 452. The highest BCUT2D eigenvalue weighted by atomic mass is 16.3. The van der Waals surface area contributed by atoms with E-state index in [0.717, 1.165) is 11.3 Å². The van der Waals surface area contributed by atoms with Gasteiger partial charge in [-0.05, 0) is 13.8 Å². The van der Waals surface area contributed by atoms with E-state index in [1.807, 2.05) is 41.5 Å². The third-order valence-corrected chi connectivity index (χ3v) is 2.08. The van der Waals surface area contributed by atoms with Crippen LogP contribution in [-0.2, 0) is 0 Å². The van der Waals surface area contributed by atoms with E-state index in [-0.39, 0.29) is 0 Å². The van der Waals surface area contributed by atoms with Crippen molar-refractivity contribution in [3.63, 3.8) is 0 Å². The van der Waals surface area contributed by atoms with Gasteiger partial charge in [-0.25, -0.2) is 4.98 Å². The van der Waals surface area contributed by atoms with Crippen molar-refractivity contribution in [3.8, 4) is 11.6 Å². The average Bonchev–Trinajstić information content (AvgIpc) is 2.95. The van der Waals surface area contributed by atoms with Crippen LogP contribution < -0.4 is 5.73 Å². The van der Waals surface area contributed by atoms with Gasteiger partial charge in [-0.3, -0.25) is 0 Å². The first-order valence-electron chi connectivity index (χ1n) is 6.19. The van der Waals surface area contributed by atoms with Gasteiger partial charge < -0.3 is 10.2 Å². The Hall–Kier alpha value is -1.91. The first-order valence-corrected chi connectivity index (χ1v) is 6.19. The molecule has 0 atom stereocenters. The molecular weight excluding hydrogens is 228 g/mol. The summed E-state index contributed by atoms with van der Waals surface area (Å²) >= 11 is 0. The lowest BCUT2D eigenvalue weighted by atomic mass is 10.1. The van der Waals surface area contributed by atoms with Gasteiger partial charge in [-0.1, -0.05) is 27.7 Å². The number of nitrogen functional groups attached to an aromatic ring is 1. The molecule has 0 aliphatic heterocycles. The predicted octanol–water partition coefficient (Wildman–Crippen LogP) is 3.38. The Labute approximate surface area is 108 Å². The maximum Gasteiger partial charge on any atom is 0.247 e. The molecule has 5 heteroatoms. The van der Waals surface area contributed by atoms with Crippen LogP contribution in [0.2, 0.25) is 0 Å². The molecule has 0 amide bonds. The van der Waals surface area contributed by atoms with Gasteiger partial charge >= 0.3 is 0 Å². The number of hydrogen-bond donors (Lipinski definition) is 1. The molecule has 18 heavy (non-hydrogen) atoms. The summed E-state index contributed by atoms with van der Waals surface area (Å²) in [6.45, 7) is 11.7. The van der Waals surface area contributed by atoms with Gasteiger partial charge in [0.05, 0.1) is 17.6 Å². The first kappa shape index (κ1) is 16.1. The monoisotopic (exact) mass is 250 g/mol. The van der Waals surface area contributed by atoms with Crippen LogP contribution in [0.1, 0.15) is 39.0 Å². The van der Waals surface area contributed by atoms with Crippen molar-refractivity contribution in [1.29, 1.82) is 0 Å². The molecule has 0 aliphatic rings. The van der Waals surface area contributed by atoms with E-state index in [4.69, 9.17) is 10.2 Å². The fraction of sp³-hybridized carbons (Fsp3) is 0.462. The van der Waals surface area contributed by atoms with Crippen LogP contribution in [-0.4, -0.2) is 15.2 Å². The summed E-state index contributed by atoms with van der Waals surface area (Å²) in [5, 5.41) is 7.92. The third kappa shape index (κ3) is 3.55. The lowest BCUT2D eigenvalue weighted by Crippen LogP contribution is -2.02. The fourth-order valence-corrected chi connectivity index (χ4v) is 1.20. The summed E-state index contributed by atoms with van der Waals surface area (Å²) in [6, 6.07) is 0. The van der Waals surface area contributed by atoms with Crippen LogP contribution in [0.15, 0.2) is 16.9 Å². The number of aryl methyl sites for hydroxylation is 1. The SMILES string of the molecule is CC.CC.Cc1nnc(-c2ncco2)c(C)c1N. The minimum atomic E-state index is 0.446. The Morgan fingerprint density at radius 1 is 1.06 bits per heavy atom. The lowest BCUT2D eigenvalue weighted by molar-refractivity contribution is 0.570. The summed E-state index contributed by atoms with van der Waals surface area (Å²) in [4.78, 5) is 3.99. The smallest absolute Gasteiger partial charge is 0.247 e. The number of hydrogen-bond acceptors (Lipinski definition) is 5. The normalized spacial score (nSPS) is 8.78. The number of rotatable bonds is 1. The van der Waals surface area contributed by atoms with E-state index in [9.17, 15) is 0 Å². The van der Waals surface area contributed by atoms with Gasteiger partial charge in [0, 0.05) is 5.56 Å². The molecule has 0 radical (unpaired) electrons. The summed E-state index contributed by atoms with van der Waals surface area (Å²) in [5.41, 5.74) is 8.61. The van der Waals surface area contributed by atoms with Crippen molar-refractivity contribution >= 4 is 5.69 Å². The Morgan fingerprint density at radius 2 is 1.67 bits per heavy atom. The molecule has 0 fully saturated rings. The van der Waals surface area contributed by atoms with Crippen LogP contribution in [0.4, 0.5) is 5.69 Å². The highest BCUT2D eigenvalue weighted by Gasteiger charge is 2.12. The van der Waals surface area contributed by atoms with Crippen LogP contribution in [0.25, 0.3) is 11.6 Å². The fourth-order valence-electron chi connectivity index (χ4n) is 1.20. The van der Waals surface area contributed by atoms with Crippen LogP contribution in [0, 0.1) is 13.8 Å². The molecule has 2 heterocycles. The minimum Gasteiger partial charge on any atom is -0.443 e. The van der Waals surface area contributed by atoms with Crippen LogP contribution in [0.5, 0.6) is 0 Å². The summed E-state index contributed by atoms with van der Waals surface area (Å²) in [6.07, 6.45) is 3.05. The zero-order valence-electron chi connectivity index (χ0n) is 12.0. The Kier molecular flexibility index (Phi) is 7.35. The van der Waals surface area contributed by atoms with Crippen molar-refractivity contribution in [3.05, 3.63) is 23.7 Å². The highest BCUT2D eigenvalue weighted by molar-refractivity contribution is 5.63. The first-order chi connectivity index (χ1) is 8.70. The van der Waals surface area contributed by atoms with Gasteiger partial charge in [-0.15, -0.1) is 5.10 Å². The van der Waals surface area contributed by atoms with Crippen molar-refractivity contribution < 1.29 is 4.42 Å². The zero-order valence-corrected chi connectivity index (χ0v) is 12.0. The Balaban J connectivity index is 0.000000659. The zero-order chi connectivity index (χ0) is 14.1. The topological polar surface area (TPSA) is 77.8 Å². The van der Waals surface area contributed by atoms with Gasteiger partial charge in [-0.2, -0.15) is 5.10 Å². The van der Waals surface area contributed by atoms with Gasteiger partial charge in [0.15, 0.2) is 5.69 Å². The average molecular weight is 250 g/mol. The van der Waals surface area contributed by atoms with E-state index in [1.165, 1.54) is 6.26 Å². The maximum atomic E-state index is 5.82. The molecule has 0 spiro atoms. The molecule has 100 valence electrons. The molecule has 2 aromatic heterocycles. The van der Waals surface area contributed by atoms with Gasteiger partial charge in [0.2, 0.25) is 5.89 Å². The molecule has 0 unspecified atom stereocenters. The summed E-state index contributed by atoms with van der Waals surface area (Å²) in [7, 11) is 0. The van der Waals surface area contributed by atoms with Gasteiger partial charge in [0.1, 0.15) is 6.26 Å². The quantitative estimate of drug-likeness (QED) is 0.839. The van der Waals surface area contributed by atoms with Crippen molar-refractivity contribution in [2.75, 3.05) is 5.73 Å². The van der Waals surface area contributed by atoms with Crippen LogP contribution >= 0.6 is 0 Å². The van der Waals surface area contributed by atoms with Crippen molar-refractivity contribution in [1.82, 2.24) is 15.2 Å². The van der Waals surface area contributed by atoms with E-state index < -0.39 is 0 Å². The second-order valence-electron chi connectivity index (χ2n) is 3.01. The van der Waals surface area contributed by atoms with E-state index in [2.05, 4.69) is 15.2 Å². The van der Waals surface area contributed by atoms with Gasteiger partial charge in [0.25, 0.3) is 0 Å².